The second-order valence-corrected chi connectivity index (χ2v) is 7.63. The highest BCUT2D eigenvalue weighted by Gasteiger charge is 2.27. The molecule has 0 aliphatic rings. The minimum Gasteiger partial charge on any atom is -0.462 e. The third-order valence-corrected chi connectivity index (χ3v) is 5.52. The Morgan fingerprint density at radius 1 is 1.14 bits per heavy atom. The minimum atomic E-state index is -3.99. The molecule has 148 valence electrons. The molecular formula is C20H22N2O5S. The van der Waals surface area contributed by atoms with Crippen LogP contribution in [0.1, 0.15) is 24.2 Å². The zero-order valence-corrected chi connectivity index (χ0v) is 16.5. The maximum Gasteiger partial charge on any atom is 0.340 e. The summed E-state index contributed by atoms with van der Waals surface area (Å²) in [5, 5.41) is 2.58. The van der Waals surface area contributed by atoms with Crippen molar-refractivity contribution in [3.8, 4) is 0 Å². The Labute approximate surface area is 164 Å². The van der Waals surface area contributed by atoms with Crippen LogP contribution in [0.25, 0.3) is 0 Å². The van der Waals surface area contributed by atoms with Crippen molar-refractivity contribution in [2.24, 2.45) is 0 Å². The van der Waals surface area contributed by atoms with E-state index < -0.39 is 16.0 Å². The van der Waals surface area contributed by atoms with Crippen LogP contribution in [-0.2, 0) is 19.6 Å². The second-order valence-electron chi connectivity index (χ2n) is 5.77. The number of ether oxygens (including phenoxy) is 1. The Kier molecular flexibility index (Phi) is 6.94. The van der Waals surface area contributed by atoms with Crippen molar-refractivity contribution >= 4 is 33.3 Å². The van der Waals surface area contributed by atoms with E-state index in [1.807, 2.05) is 0 Å². The van der Waals surface area contributed by atoms with Gasteiger partial charge >= 0.3 is 5.97 Å². The maximum atomic E-state index is 13.2. The number of benzene rings is 2. The average molecular weight is 402 g/mol. The van der Waals surface area contributed by atoms with Gasteiger partial charge in [0.1, 0.15) is 0 Å². The molecule has 1 amide bonds. The fourth-order valence-corrected chi connectivity index (χ4v) is 4.01. The number of esters is 1. The summed E-state index contributed by atoms with van der Waals surface area (Å²) in [6.07, 6.45) is 1.44. The van der Waals surface area contributed by atoms with Gasteiger partial charge in [-0.05, 0) is 43.3 Å². The molecule has 0 saturated heterocycles. The summed E-state index contributed by atoms with van der Waals surface area (Å²) in [6, 6.07) is 12.1. The standard InChI is InChI=1S/C20H22N2O5S/c1-4-14-22(19-9-7-6-8-18(19)20(24)27-5-2)28(25,26)17-12-10-16(11-13-17)21-15(3)23/h4,6-13H,1,5,14H2,2-3H3,(H,21,23). The second kappa shape index (κ2) is 9.18. The van der Waals surface area contributed by atoms with Crippen LogP contribution >= 0.6 is 0 Å². The molecule has 0 radical (unpaired) electrons. The third kappa shape index (κ3) is 4.77. The zero-order chi connectivity index (χ0) is 20.7. The summed E-state index contributed by atoms with van der Waals surface area (Å²) >= 11 is 0. The number of nitrogens with zero attached hydrogens (tertiary/aromatic N) is 1. The van der Waals surface area contributed by atoms with Crippen LogP contribution in [0.15, 0.2) is 66.1 Å². The lowest BCUT2D eigenvalue weighted by atomic mass is 10.2. The molecule has 0 aliphatic carbocycles. The molecule has 0 unspecified atom stereocenters. The highest BCUT2D eigenvalue weighted by atomic mass is 32.2. The van der Waals surface area contributed by atoms with Gasteiger partial charge in [0.15, 0.2) is 0 Å². The van der Waals surface area contributed by atoms with Crippen LogP contribution in [0.5, 0.6) is 0 Å². The zero-order valence-electron chi connectivity index (χ0n) is 15.7. The number of amides is 1. The Balaban J connectivity index is 2.50. The summed E-state index contributed by atoms with van der Waals surface area (Å²) in [5.74, 6) is -0.865. The molecule has 0 fully saturated rings. The SMILES string of the molecule is C=CCN(c1ccccc1C(=O)OCC)S(=O)(=O)c1ccc(NC(C)=O)cc1. The number of para-hydroxylation sites is 1. The normalized spacial score (nSPS) is 10.8. The predicted octanol–water partition coefficient (Wildman–Crippen LogP) is 3.20. The number of hydrogen-bond donors (Lipinski definition) is 1. The molecule has 7 nitrogen and oxygen atoms in total. The molecule has 2 rings (SSSR count). The topological polar surface area (TPSA) is 92.8 Å². The largest absolute Gasteiger partial charge is 0.462 e. The lowest BCUT2D eigenvalue weighted by molar-refractivity contribution is -0.114. The van der Waals surface area contributed by atoms with Crippen molar-refractivity contribution in [3.05, 3.63) is 66.7 Å². The number of sulfonamides is 1. The van der Waals surface area contributed by atoms with Gasteiger partial charge in [-0.15, -0.1) is 6.58 Å². The maximum absolute atomic E-state index is 13.2. The number of hydrogen-bond acceptors (Lipinski definition) is 5. The summed E-state index contributed by atoms with van der Waals surface area (Å²) in [4.78, 5) is 23.4. The van der Waals surface area contributed by atoms with Crippen molar-refractivity contribution < 1.29 is 22.7 Å². The Hall–Kier alpha value is -3.13. The van der Waals surface area contributed by atoms with Gasteiger partial charge in [0, 0.05) is 12.6 Å². The first-order valence-electron chi connectivity index (χ1n) is 8.58. The molecule has 2 aromatic rings. The lowest BCUT2D eigenvalue weighted by Crippen LogP contribution is -2.32. The van der Waals surface area contributed by atoms with Crippen LogP contribution in [0.3, 0.4) is 0 Å². The Bertz CT molecular complexity index is 968. The van der Waals surface area contributed by atoms with E-state index in [-0.39, 0.29) is 35.2 Å². The van der Waals surface area contributed by atoms with E-state index >= 15 is 0 Å². The Morgan fingerprint density at radius 3 is 2.36 bits per heavy atom. The number of anilines is 2. The molecule has 0 aromatic heterocycles. The van der Waals surface area contributed by atoms with Crippen molar-refractivity contribution in [2.75, 3.05) is 22.8 Å². The number of carbonyl (C=O) groups is 2. The number of rotatable bonds is 8. The van der Waals surface area contributed by atoms with E-state index in [0.29, 0.717) is 5.69 Å². The van der Waals surface area contributed by atoms with Gasteiger partial charge in [0.2, 0.25) is 5.91 Å². The lowest BCUT2D eigenvalue weighted by Gasteiger charge is -2.25. The highest BCUT2D eigenvalue weighted by Crippen LogP contribution is 2.28. The van der Waals surface area contributed by atoms with Gasteiger partial charge < -0.3 is 10.1 Å². The summed E-state index contributed by atoms with van der Waals surface area (Å²) in [6.45, 7) is 6.80. The van der Waals surface area contributed by atoms with Gasteiger partial charge in [-0.1, -0.05) is 18.2 Å². The number of nitrogens with one attached hydrogen (secondary N) is 1. The molecule has 28 heavy (non-hydrogen) atoms. The van der Waals surface area contributed by atoms with Crippen LogP contribution in [0.4, 0.5) is 11.4 Å². The van der Waals surface area contributed by atoms with E-state index in [1.54, 1.807) is 25.1 Å². The molecule has 0 saturated carbocycles. The van der Waals surface area contributed by atoms with Gasteiger partial charge in [-0.3, -0.25) is 9.10 Å². The first-order chi connectivity index (χ1) is 13.3. The first-order valence-corrected chi connectivity index (χ1v) is 10.0. The van der Waals surface area contributed by atoms with E-state index in [4.69, 9.17) is 4.74 Å². The van der Waals surface area contributed by atoms with Gasteiger partial charge in [-0.2, -0.15) is 0 Å². The van der Waals surface area contributed by atoms with Gasteiger partial charge in [-0.25, -0.2) is 13.2 Å². The predicted molar refractivity (Wildman–Crippen MR) is 108 cm³/mol. The van der Waals surface area contributed by atoms with E-state index in [9.17, 15) is 18.0 Å². The fourth-order valence-electron chi connectivity index (χ4n) is 2.56. The van der Waals surface area contributed by atoms with Crippen LogP contribution in [0.2, 0.25) is 0 Å². The molecule has 0 aliphatic heterocycles. The summed E-state index contributed by atoms with van der Waals surface area (Å²) in [5.41, 5.74) is 0.824. The van der Waals surface area contributed by atoms with E-state index in [0.717, 1.165) is 4.31 Å². The monoisotopic (exact) mass is 402 g/mol. The van der Waals surface area contributed by atoms with Crippen molar-refractivity contribution in [3.63, 3.8) is 0 Å². The quantitative estimate of drug-likeness (QED) is 0.541. The molecule has 8 heteroatoms. The van der Waals surface area contributed by atoms with Crippen molar-refractivity contribution in [1.29, 1.82) is 0 Å². The molecule has 0 atom stereocenters. The Morgan fingerprint density at radius 2 is 1.79 bits per heavy atom. The fraction of sp³-hybridized carbons (Fsp3) is 0.200. The smallest absolute Gasteiger partial charge is 0.340 e. The third-order valence-electron chi connectivity index (χ3n) is 3.73. The molecule has 0 spiro atoms. The van der Waals surface area contributed by atoms with Crippen molar-refractivity contribution in [2.45, 2.75) is 18.7 Å². The van der Waals surface area contributed by atoms with E-state index in [1.165, 1.54) is 43.3 Å². The van der Waals surface area contributed by atoms with E-state index in [2.05, 4.69) is 11.9 Å². The van der Waals surface area contributed by atoms with Crippen LogP contribution in [-0.4, -0.2) is 33.4 Å². The average Bonchev–Trinajstić information content (AvgIpc) is 2.66. The molecular weight excluding hydrogens is 380 g/mol. The molecule has 1 N–H and O–H groups in total. The first kappa shape index (κ1) is 21.2. The number of carbonyl (C=O) groups excluding carboxylic acids is 2. The summed E-state index contributed by atoms with van der Waals surface area (Å²) < 4.78 is 32.6. The molecule has 2 aromatic carbocycles. The van der Waals surface area contributed by atoms with Crippen LogP contribution in [0, 0.1) is 0 Å². The minimum absolute atomic E-state index is 0.0158. The van der Waals surface area contributed by atoms with Gasteiger partial charge in [0.05, 0.1) is 29.3 Å². The molecule has 0 bridgehead atoms. The van der Waals surface area contributed by atoms with Gasteiger partial charge in [0.25, 0.3) is 10.0 Å². The highest BCUT2D eigenvalue weighted by molar-refractivity contribution is 7.92. The van der Waals surface area contributed by atoms with Crippen molar-refractivity contribution in [1.82, 2.24) is 0 Å². The molecule has 0 heterocycles. The summed E-state index contributed by atoms with van der Waals surface area (Å²) in [7, 11) is -3.99. The van der Waals surface area contributed by atoms with Crippen LogP contribution < -0.4 is 9.62 Å².